The summed E-state index contributed by atoms with van der Waals surface area (Å²) in [6, 6.07) is 1.54. The van der Waals surface area contributed by atoms with E-state index >= 15 is 0 Å². The number of carbonyl (C=O) groups is 1. The fourth-order valence-corrected chi connectivity index (χ4v) is 1.92. The van der Waals surface area contributed by atoms with E-state index in [0.29, 0.717) is 0 Å². The van der Waals surface area contributed by atoms with Crippen molar-refractivity contribution >= 4 is 5.97 Å². The van der Waals surface area contributed by atoms with Crippen molar-refractivity contribution in [1.29, 1.82) is 0 Å². The average Bonchev–Trinajstić information content (AvgIpc) is 2.40. The zero-order chi connectivity index (χ0) is 15.1. The van der Waals surface area contributed by atoms with Crippen LogP contribution in [-0.2, 0) is 0 Å². The summed E-state index contributed by atoms with van der Waals surface area (Å²) >= 11 is 0. The molecule has 0 amide bonds. The normalized spacial score (nSPS) is 12.2. The highest BCUT2D eigenvalue weighted by Crippen LogP contribution is 2.25. The van der Waals surface area contributed by atoms with Gasteiger partial charge in [0, 0.05) is 0 Å². The van der Waals surface area contributed by atoms with Gasteiger partial charge < -0.3 is 9.84 Å². The van der Waals surface area contributed by atoms with Crippen LogP contribution in [0.15, 0.2) is 12.1 Å². The molecular weight excluding hydrogens is 266 g/mol. The van der Waals surface area contributed by atoms with E-state index in [4.69, 9.17) is 9.84 Å². The lowest BCUT2D eigenvalue weighted by atomic mass is 10.0. The summed E-state index contributed by atoms with van der Waals surface area (Å²) in [5, 5.41) is 8.70. The minimum Gasteiger partial charge on any atom is -0.487 e. The standard InChI is InChI=1S/C15H20F2O3/c1-3-5-6-10(4-2)9-20-14-12(16)7-11(15(18)19)8-13(14)17/h7-8,10H,3-6,9H2,1-2H3,(H,18,19). The lowest BCUT2D eigenvalue weighted by Gasteiger charge is -2.16. The quantitative estimate of drug-likeness (QED) is 0.776. The smallest absolute Gasteiger partial charge is 0.335 e. The van der Waals surface area contributed by atoms with Crippen LogP contribution >= 0.6 is 0 Å². The number of hydrogen-bond acceptors (Lipinski definition) is 2. The maximum Gasteiger partial charge on any atom is 0.335 e. The maximum absolute atomic E-state index is 13.6. The summed E-state index contributed by atoms with van der Waals surface area (Å²) in [6.07, 6.45) is 3.93. The van der Waals surface area contributed by atoms with Crippen molar-refractivity contribution in [2.45, 2.75) is 39.5 Å². The first-order valence-corrected chi connectivity index (χ1v) is 6.84. The molecule has 20 heavy (non-hydrogen) atoms. The number of halogens is 2. The van der Waals surface area contributed by atoms with E-state index < -0.39 is 28.9 Å². The number of carboxylic acid groups (broad SMARTS) is 1. The van der Waals surface area contributed by atoms with Crippen molar-refractivity contribution in [2.24, 2.45) is 5.92 Å². The predicted octanol–water partition coefficient (Wildman–Crippen LogP) is 4.26. The molecule has 0 heterocycles. The molecule has 1 N–H and O–H groups in total. The number of rotatable bonds is 8. The second-order valence-corrected chi connectivity index (χ2v) is 4.80. The van der Waals surface area contributed by atoms with Crippen molar-refractivity contribution in [3.05, 3.63) is 29.3 Å². The van der Waals surface area contributed by atoms with Gasteiger partial charge in [-0.15, -0.1) is 0 Å². The van der Waals surface area contributed by atoms with Crippen molar-refractivity contribution in [3.8, 4) is 5.75 Å². The second kappa shape index (κ2) is 7.82. The van der Waals surface area contributed by atoms with E-state index in [9.17, 15) is 13.6 Å². The van der Waals surface area contributed by atoms with Crippen molar-refractivity contribution < 1.29 is 23.4 Å². The zero-order valence-electron chi connectivity index (χ0n) is 11.8. The summed E-state index contributed by atoms with van der Waals surface area (Å²) in [7, 11) is 0. The first kappa shape index (κ1) is 16.4. The molecule has 0 aliphatic carbocycles. The summed E-state index contributed by atoms with van der Waals surface area (Å²) in [6.45, 7) is 4.32. The van der Waals surface area contributed by atoms with Crippen LogP contribution in [0.5, 0.6) is 5.75 Å². The Morgan fingerprint density at radius 1 is 1.30 bits per heavy atom. The monoisotopic (exact) mass is 286 g/mol. The Labute approximate surface area is 117 Å². The third-order valence-electron chi connectivity index (χ3n) is 3.25. The highest BCUT2D eigenvalue weighted by Gasteiger charge is 2.17. The van der Waals surface area contributed by atoms with Crippen molar-refractivity contribution in [1.82, 2.24) is 0 Å². The fourth-order valence-electron chi connectivity index (χ4n) is 1.92. The van der Waals surface area contributed by atoms with Crippen LogP contribution in [0.3, 0.4) is 0 Å². The molecule has 0 saturated carbocycles. The lowest BCUT2D eigenvalue weighted by molar-refractivity contribution is 0.0695. The molecule has 0 saturated heterocycles. The number of benzene rings is 1. The largest absolute Gasteiger partial charge is 0.487 e. The SMILES string of the molecule is CCCCC(CC)COc1c(F)cc(C(=O)O)cc1F. The highest BCUT2D eigenvalue weighted by molar-refractivity contribution is 5.87. The number of hydrogen-bond donors (Lipinski definition) is 1. The Morgan fingerprint density at radius 3 is 2.35 bits per heavy atom. The van der Waals surface area contributed by atoms with Crippen molar-refractivity contribution in [2.75, 3.05) is 6.61 Å². The van der Waals surface area contributed by atoms with Crippen LogP contribution in [0.4, 0.5) is 8.78 Å². The second-order valence-electron chi connectivity index (χ2n) is 4.80. The highest BCUT2D eigenvalue weighted by atomic mass is 19.1. The fraction of sp³-hybridized carbons (Fsp3) is 0.533. The van der Waals surface area contributed by atoms with Gasteiger partial charge in [0.1, 0.15) is 0 Å². The van der Waals surface area contributed by atoms with Gasteiger partial charge in [0.25, 0.3) is 0 Å². The van der Waals surface area contributed by atoms with Gasteiger partial charge in [-0.3, -0.25) is 0 Å². The third kappa shape index (κ3) is 4.47. The molecule has 5 heteroatoms. The Bertz CT molecular complexity index is 437. The lowest BCUT2D eigenvalue weighted by Crippen LogP contribution is -2.13. The number of unbranched alkanes of at least 4 members (excludes halogenated alkanes) is 1. The van der Waals surface area contributed by atoms with E-state index in [1.807, 2.05) is 6.92 Å². The molecule has 0 radical (unpaired) electrons. The van der Waals surface area contributed by atoms with Crippen LogP contribution in [0.2, 0.25) is 0 Å². The number of aromatic carboxylic acids is 1. The molecule has 1 rings (SSSR count). The van der Waals surface area contributed by atoms with Crippen molar-refractivity contribution in [3.63, 3.8) is 0 Å². The molecular formula is C15H20F2O3. The first-order chi connectivity index (χ1) is 9.49. The molecule has 0 aromatic heterocycles. The number of carboxylic acids is 1. The van der Waals surface area contributed by atoms with E-state index in [2.05, 4.69) is 6.92 Å². The summed E-state index contributed by atoms with van der Waals surface area (Å²) < 4.78 is 32.5. The van der Waals surface area contributed by atoms with Gasteiger partial charge in [-0.2, -0.15) is 0 Å². The zero-order valence-corrected chi connectivity index (χ0v) is 11.8. The molecule has 0 bridgehead atoms. The average molecular weight is 286 g/mol. The van der Waals surface area contributed by atoms with Crippen LogP contribution in [0.1, 0.15) is 49.9 Å². The minimum absolute atomic E-state index is 0.233. The van der Waals surface area contributed by atoms with E-state index in [0.717, 1.165) is 37.8 Å². The summed E-state index contributed by atoms with van der Waals surface area (Å²) in [5.41, 5.74) is -0.426. The van der Waals surface area contributed by atoms with E-state index in [-0.39, 0.29) is 12.5 Å². The van der Waals surface area contributed by atoms with Gasteiger partial charge in [0.15, 0.2) is 17.4 Å². The Morgan fingerprint density at radius 2 is 1.90 bits per heavy atom. The molecule has 0 spiro atoms. The summed E-state index contributed by atoms with van der Waals surface area (Å²) in [4.78, 5) is 10.7. The maximum atomic E-state index is 13.6. The predicted molar refractivity (Wildman–Crippen MR) is 72.1 cm³/mol. The van der Waals surface area contributed by atoms with E-state index in [1.54, 1.807) is 0 Å². The molecule has 0 fully saturated rings. The van der Waals surface area contributed by atoms with Gasteiger partial charge in [0.05, 0.1) is 12.2 Å². The molecule has 1 unspecified atom stereocenters. The molecule has 1 atom stereocenters. The van der Waals surface area contributed by atoms with Gasteiger partial charge >= 0.3 is 5.97 Å². The Kier molecular flexibility index (Phi) is 6.42. The molecule has 0 aliphatic heterocycles. The van der Waals surface area contributed by atoms with Gasteiger partial charge in [-0.25, -0.2) is 13.6 Å². The van der Waals surface area contributed by atoms with Crippen LogP contribution < -0.4 is 4.74 Å². The molecule has 0 aliphatic rings. The third-order valence-corrected chi connectivity index (χ3v) is 3.25. The molecule has 3 nitrogen and oxygen atoms in total. The Balaban J connectivity index is 2.75. The Hall–Kier alpha value is -1.65. The van der Waals surface area contributed by atoms with Gasteiger partial charge in [0.2, 0.25) is 0 Å². The topological polar surface area (TPSA) is 46.5 Å². The molecule has 1 aromatic rings. The molecule has 1 aromatic carbocycles. The molecule has 112 valence electrons. The summed E-state index contributed by atoms with van der Waals surface area (Å²) in [5.74, 6) is -3.58. The first-order valence-electron chi connectivity index (χ1n) is 6.84. The van der Waals surface area contributed by atoms with Crippen LogP contribution in [0.25, 0.3) is 0 Å². The minimum atomic E-state index is -1.37. The van der Waals surface area contributed by atoms with Gasteiger partial charge in [-0.05, 0) is 24.5 Å². The van der Waals surface area contributed by atoms with Crippen LogP contribution in [0, 0.1) is 17.6 Å². The van der Waals surface area contributed by atoms with E-state index in [1.165, 1.54) is 0 Å². The van der Waals surface area contributed by atoms with Crippen LogP contribution in [-0.4, -0.2) is 17.7 Å². The van der Waals surface area contributed by atoms with Gasteiger partial charge in [-0.1, -0.05) is 33.1 Å². The number of ether oxygens (including phenoxy) is 1.